The van der Waals surface area contributed by atoms with Crippen LogP contribution in [0.1, 0.15) is 26.5 Å². The fourth-order valence-electron chi connectivity index (χ4n) is 3.00. The van der Waals surface area contributed by atoms with Gasteiger partial charge in [-0.2, -0.15) is 0 Å². The molecule has 0 aliphatic heterocycles. The molecule has 0 unspecified atom stereocenters. The molecule has 2 aromatic carbocycles. The lowest BCUT2D eigenvalue weighted by molar-refractivity contribution is 0.0916. The second-order valence-electron chi connectivity index (χ2n) is 6.79. The van der Waals surface area contributed by atoms with Crippen LogP contribution in [0.2, 0.25) is 0 Å². The summed E-state index contributed by atoms with van der Waals surface area (Å²) < 4.78 is 11.3. The molecule has 0 aliphatic carbocycles. The van der Waals surface area contributed by atoms with E-state index in [0.29, 0.717) is 12.1 Å². The molecule has 3 rings (SSSR count). The number of ether oxygens (including phenoxy) is 1. The minimum Gasteiger partial charge on any atom is -0.508 e. The highest BCUT2D eigenvalue weighted by atomic mass is 16.5. The molecular formula is C21H23N3O5. The van der Waals surface area contributed by atoms with E-state index in [1.54, 1.807) is 0 Å². The number of carbonyl (C=O) groups excluding carboxylic acids is 2. The van der Waals surface area contributed by atoms with Gasteiger partial charge in [0.15, 0.2) is 5.76 Å². The second-order valence-corrected chi connectivity index (χ2v) is 6.79. The van der Waals surface area contributed by atoms with Gasteiger partial charge in [0.05, 0.1) is 12.1 Å². The van der Waals surface area contributed by atoms with Crippen LogP contribution in [0.25, 0.3) is 11.0 Å². The first-order chi connectivity index (χ1) is 13.9. The monoisotopic (exact) mass is 397 g/mol. The topological polar surface area (TPSA) is 118 Å². The van der Waals surface area contributed by atoms with Gasteiger partial charge in [0.1, 0.15) is 23.7 Å². The molecule has 8 nitrogen and oxygen atoms in total. The van der Waals surface area contributed by atoms with E-state index in [1.165, 1.54) is 18.2 Å². The molecule has 1 aromatic heterocycles. The van der Waals surface area contributed by atoms with Crippen LogP contribution in [0.4, 0.5) is 0 Å². The quantitative estimate of drug-likeness (QED) is 0.501. The zero-order valence-corrected chi connectivity index (χ0v) is 16.3. The molecule has 29 heavy (non-hydrogen) atoms. The number of primary amides is 1. The van der Waals surface area contributed by atoms with E-state index in [0.717, 1.165) is 10.9 Å². The lowest BCUT2D eigenvalue weighted by atomic mass is 10.1. The van der Waals surface area contributed by atoms with Gasteiger partial charge in [-0.1, -0.05) is 18.2 Å². The highest BCUT2D eigenvalue weighted by Crippen LogP contribution is 2.27. The Morgan fingerprint density at radius 3 is 2.69 bits per heavy atom. The number of aromatic hydroxyl groups is 1. The highest BCUT2D eigenvalue weighted by molar-refractivity contribution is 5.99. The number of hydrogen-bond acceptors (Lipinski definition) is 6. The molecule has 0 saturated heterocycles. The average Bonchev–Trinajstić information content (AvgIpc) is 3.04. The Kier molecular flexibility index (Phi) is 6.04. The van der Waals surface area contributed by atoms with Gasteiger partial charge < -0.3 is 30.2 Å². The lowest BCUT2D eigenvalue weighted by Gasteiger charge is -2.12. The molecule has 0 radical (unpaired) electrons. The average molecular weight is 397 g/mol. The van der Waals surface area contributed by atoms with E-state index < -0.39 is 5.91 Å². The van der Waals surface area contributed by atoms with Crippen LogP contribution >= 0.6 is 0 Å². The van der Waals surface area contributed by atoms with E-state index in [-0.39, 0.29) is 41.9 Å². The second kappa shape index (κ2) is 8.66. The fraction of sp³-hybridized carbons (Fsp3) is 0.238. The lowest BCUT2D eigenvalue weighted by Crippen LogP contribution is -2.29. The number of fused-ring (bicyclic) bond motifs is 1. The van der Waals surface area contributed by atoms with E-state index in [9.17, 15) is 14.7 Å². The van der Waals surface area contributed by atoms with Crippen molar-refractivity contribution < 1.29 is 23.8 Å². The number of para-hydroxylation sites is 1. The largest absolute Gasteiger partial charge is 0.508 e. The molecule has 8 heteroatoms. The molecule has 1 heterocycles. The molecule has 0 spiro atoms. The van der Waals surface area contributed by atoms with Crippen molar-refractivity contribution in [1.82, 2.24) is 10.2 Å². The van der Waals surface area contributed by atoms with Gasteiger partial charge in [-0.15, -0.1) is 0 Å². The summed E-state index contributed by atoms with van der Waals surface area (Å²) in [5, 5.41) is 13.1. The SMILES string of the molecule is CN(C)Cc1c(C(=O)NCCOc2ccc(O)cc2C(N)=O)oc2ccccc12. The fourth-order valence-corrected chi connectivity index (χ4v) is 3.00. The van der Waals surface area contributed by atoms with Crippen molar-refractivity contribution in [3.8, 4) is 11.5 Å². The molecule has 0 aliphatic rings. The van der Waals surface area contributed by atoms with Crippen LogP contribution in [-0.2, 0) is 6.54 Å². The predicted octanol–water partition coefficient (Wildman–Crippen LogP) is 2.11. The van der Waals surface area contributed by atoms with Gasteiger partial charge in [-0.25, -0.2) is 0 Å². The summed E-state index contributed by atoms with van der Waals surface area (Å²) in [5.41, 5.74) is 6.83. The Morgan fingerprint density at radius 2 is 1.97 bits per heavy atom. The van der Waals surface area contributed by atoms with Crippen LogP contribution in [0.15, 0.2) is 46.9 Å². The summed E-state index contributed by atoms with van der Waals surface area (Å²) in [4.78, 5) is 26.1. The molecule has 2 amide bonds. The van der Waals surface area contributed by atoms with Crippen LogP contribution in [0.3, 0.4) is 0 Å². The number of nitrogens with two attached hydrogens (primary N) is 1. The third kappa shape index (κ3) is 4.67. The van der Waals surface area contributed by atoms with Gasteiger partial charge in [0, 0.05) is 17.5 Å². The third-order valence-corrected chi connectivity index (χ3v) is 4.25. The standard InChI is InChI=1S/C21H23N3O5/c1-24(2)12-16-14-5-3-4-6-18(14)29-19(16)21(27)23-9-10-28-17-8-7-13(25)11-15(17)20(22)26/h3-8,11,25H,9-10,12H2,1-2H3,(H2,22,26)(H,23,27). The smallest absolute Gasteiger partial charge is 0.287 e. The first-order valence-electron chi connectivity index (χ1n) is 9.05. The number of benzene rings is 2. The number of phenols is 1. The Balaban J connectivity index is 1.67. The summed E-state index contributed by atoms with van der Waals surface area (Å²) in [6.45, 7) is 0.863. The minimum absolute atomic E-state index is 0.0712. The number of nitrogens with zero attached hydrogens (tertiary/aromatic N) is 1. The summed E-state index contributed by atoms with van der Waals surface area (Å²) in [7, 11) is 3.84. The first kappa shape index (κ1) is 20.2. The third-order valence-electron chi connectivity index (χ3n) is 4.25. The summed E-state index contributed by atoms with van der Waals surface area (Å²) in [6.07, 6.45) is 0. The Bertz CT molecular complexity index is 1040. The molecule has 152 valence electrons. The van der Waals surface area contributed by atoms with Crippen molar-refractivity contribution in [2.45, 2.75) is 6.54 Å². The summed E-state index contributed by atoms with van der Waals surface area (Å²) in [6, 6.07) is 11.6. The molecular weight excluding hydrogens is 374 g/mol. The van der Waals surface area contributed by atoms with Crippen molar-refractivity contribution in [2.75, 3.05) is 27.2 Å². The van der Waals surface area contributed by atoms with Gasteiger partial charge in [-0.3, -0.25) is 9.59 Å². The molecule has 0 bridgehead atoms. The van der Waals surface area contributed by atoms with Crippen LogP contribution in [0.5, 0.6) is 11.5 Å². The number of furan rings is 1. The molecule has 0 fully saturated rings. The van der Waals surface area contributed by atoms with E-state index in [2.05, 4.69) is 5.32 Å². The number of phenolic OH excluding ortho intramolecular Hbond substituents is 1. The maximum absolute atomic E-state index is 12.7. The molecule has 4 N–H and O–H groups in total. The highest BCUT2D eigenvalue weighted by Gasteiger charge is 2.20. The van der Waals surface area contributed by atoms with E-state index in [4.69, 9.17) is 14.9 Å². The Morgan fingerprint density at radius 1 is 1.21 bits per heavy atom. The summed E-state index contributed by atoms with van der Waals surface area (Å²) >= 11 is 0. The van der Waals surface area contributed by atoms with Crippen molar-refractivity contribution >= 4 is 22.8 Å². The molecule has 0 saturated carbocycles. The normalized spacial score (nSPS) is 11.0. The first-order valence-corrected chi connectivity index (χ1v) is 9.05. The number of carbonyl (C=O) groups is 2. The molecule has 0 atom stereocenters. The number of amides is 2. The number of rotatable bonds is 8. The van der Waals surface area contributed by atoms with Gasteiger partial charge >= 0.3 is 0 Å². The number of hydrogen-bond donors (Lipinski definition) is 3. The minimum atomic E-state index is -0.712. The van der Waals surface area contributed by atoms with Crippen molar-refractivity contribution in [3.05, 3.63) is 59.4 Å². The zero-order chi connectivity index (χ0) is 21.0. The van der Waals surface area contributed by atoms with Crippen LogP contribution < -0.4 is 15.8 Å². The van der Waals surface area contributed by atoms with Crippen molar-refractivity contribution in [3.63, 3.8) is 0 Å². The van der Waals surface area contributed by atoms with E-state index in [1.807, 2.05) is 43.3 Å². The van der Waals surface area contributed by atoms with E-state index >= 15 is 0 Å². The van der Waals surface area contributed by atoms with Crippen LogP contribution in [-0.4, -0.2) is 49.1 Å². The Labute approximate surface area is 167 Å². The molecule has 3 aromatic rings. The van der Waals surface area contributed by atoms with Gasteiger partial charge in [0.2, 0.25) is 0 Å². The maximum Gasteiger partial charge on any atom is 0.287 e. The van der Waals surface area contributed by atoms with Crippen molar-refractivity contribution in [1.29, 1.82) is 0 Å². The predicted molar refractivity (Wildman–Crippen MR) is 108 cm³/mol. The zero-order valence-electron chi connectivity index (χ0n) is 16.3. The van der Waals surface area contributed by atoms with Crippen molar-refractivity contribution in [2.24, 2.45) is 5.73 Å². The van der Waals surface area contributed by atoms with Gasteiger partial charge in [0.25, 0.3) is 11.8 Å². The summed E-state index contributed by atoms with van der Waals surface area (Å²) in [5.74, 6) is -0.639. The maximum atomic E-state index is 12.7. The van der Waals surface area contributed by atoms with Gasteiger partial charge in [-0.05, 0) is 38.4 Å². The Hall–Kier alpha value is -3.52. The number of nitrogens with one attached hydrogen (secondary N) is 1. The van der Waals surface area contributed by atoms with Crippen LogP contribution in [0, 0.1) is 0 Å².